The first-order chi connectivity index (χ1) is 14.0. The monoisotopic (exact) mass is 434 g/mol. The second-order valence-corrected chi connectivity index (χ2v) is 9.62. The average molecular weight is 435 g/mol. The number of benzene rings is 2. The summed E-state index contributed by atoms with van der Waals surface area (Å²) in [5.41, 5.74) is 1.86. The van der Waals surface area contributed by atoms with Crippen LogP contribution >= 0.6 is 11.6 Å². The number of carbonyl (C=O) groups excluding carboxylic acids is 1. The van der Waals surface area contributed by atoms with E-state index < -0.39 is 21.2 Å². The van der Waals surface area contributed by atoms with Crippen molar-refractivity contribution in [2.24, 2.45) is 0 Å². The van der Waals surface area contributed by atoms with Gasteiger partial charge in [0.1, 0.15) is 5.25 Å². The first-order valence-electron chi connectivity index (χ1n) is 9.66. The van der Waals surface area contributed by atoms with Crippen LogP contribution < -0.4 is 4.72 Å². The van der Waals surface area contributed by atoms with Gasteiger partial charge in [0, 0.05) is 29.6 Å². The fourth-order valence-electron chi connectivity index (χ4n) is 4.15. The van der Waals surface area contributed by atoms with E-state index in [1.807, 2.05) is 12.1 Å². The number of hydrogen-bond donors (Lipinski definition) is 1. The van der Waals surface area contributed by atoms with Gasteiger partial charge in [0.15, 0.2) is 0 Å². The highest BCUT2D eigenvalue weighted by Gasteiger charge is 2.42. The number of hydrogen-bond acceptors (Lipinski definition) is 5. The molecule has 2 atom stereocenters. The van der Waals surface area contributed by atoms with E-state index in [4.69, 9.17) is 16.3 Å². The number of morpholine rings is 1. The maximum atomic E-state index is 13.1. The summed E-state index contributed by atoms with van der Waals surface area (Å²) >= 11 is 6.06. The van der Waals surface area contributed by atoms with Crippen LogP contribution in [0.1, 0.15) is 39.1 Å². The van der Waals surface area contributed by atoms with Crippen molar-refractivity contribution in [1.29, 1.82) is 0 Å². The number of carbonyl (C=O) groups is 1. The molecular weight excluding hydrogens is 412 g/mol. The van der Waals surface area contributed by atoms with Gasteiger partial charge < -0.3 is 4.74 Å². The first kappa shape index (κ1) is 20.3. The molecule has 1 fully saturated rings. The Morgan fingerprint density at radius 2 is 1.79 bits per heavy atom. The molecule has 2 aromatic carbocycles. The maximum Gasteiger partial charge on any atom is 0.265 e. The lowest BCUT2D eigenvalue weighted by atomic mass is 9.86. The Balaban J connectivity index is 1.73. The van der Waals surface area contributed by atoms with E-state index in [1.54, 1.807) is 36.4 Å². The van der Waals surface area contributed by atoms with Crippen molar-refractivity contribution in [3.05, 3.63) is 70.2 Å². The Morgan fingerprint density at radius 1 is 1.10 bits per heavy atom. The number of sulfonamides is 1. The quantitative estimate of drug-likeness (QED) is 0.783. The molecule has 0 aromatic heterocycles. The molecule has 0 radical (unpaired) electrons. The second-order valence-electron chi connectivity index (χ2n) is 7.38. The van der Waals surface area contributed by atoms with Crippen LogP contribution in [0.2, 0.25) is 5.02 Å². The molecular formula is C21H23ClN2O4S. The van der Waals surface area contributed by atoms with E-state index in [0.29, 0.717) is 35.8 Å². The van der Waals surface area contributed by atoms with Crippen LogP contribution in [-0.2, 0) is 14.8 Å². The minimum absolute atomic E-state index is 0.318. The number of ether oxygens (including phenoxy) is 1. The van der Waals surface area contributed by atoms with E-state index in [0.717, 1.165) is 25.2 Å². The van der Waals surface area contributed by atoms with Gasteiger partial charge in [-0.05, 0) is 42.3 Å². The number of amides is 1. The molecule has 2 aromatic rings. The fraction of sp³-hybridized carbons (Fsp3) is 0.381. The molecule has 2 aliphatic heterocycles. The van der Waals surface area contributed by atoms with E-state index in [9.17, 15) is 13.2 Å². The molecule has 1 saturated heterocycles. The predicted octanol–water partition coefficient (Wildman–Crippen LogP) is 2.96. The van der Waals surface area contributed by atoms with Gasteiger partial charge in [0.25, 0.3) is 5.91 Å². The van der Waals surface area contributed by atoms with Crippen LogP contribution in [0.15, 0.2) is 48.5 Å². The van der Waals surface area contributed by atoms with Crippen molar-refractivity contribution in [2.75, 3.05) is 32.8 Å². The minimum atomic E-state index is -3.87. The van der Waals surface area contributed by atoms with E-state index in [-0.39, 0.29) is 5.92 Å². The summed E-state index contributed by atoms with van der Waals surface area (Å²) in [6.07, 6.45) is 0.635. The molecule has 0 spiro atoms. The third kappa shape index (κ3) is 4.33. The summed E-state index contributed by atoms with van der Waals surface area (Å²) in [5, 5.41) is -0.250. The molecule has 2 unspecified atom stereocenters. The third-order valence-corrected chi connectivity index (χ3v) is 7.58. The van der Waals surface area contributed by atoms with Gasteiger partial charge in [-0.15, -0.1) is 0 Å². The SMILES string of the molecule is O=C1NS(=O)(=O)C(C(CCN2CCOCC2)c2ccc(Cl)cc2)c2ccccc21. The van der Waals surface area contributed by atoms with Crippen LogP contribution in [0.4, 0.5) is 0 Å². The Hall–Kier alpha value is -1.93. The van der Waals surface area contributed by atoms with Crippen molar-refractivity contribution in [3.63, 3.8) is 0 Å². The van der Waals surface area contributed by atoms with E-state index in [1.165, 1.54) is 0 Å². The van der Waals surface area contributed by atoms with Crippen LogP contribution in [0, 0.1) is 0 Å². The zero-order valence-corrected chi connectivity index (χ0v) is 17.5. The average Bonchev–Trinajstić information content (AvgIpc) is 2.71. The smallest absolute Gasteiger partial charge is 0.265 e. The molecule has 1 amide bonds. The molecule has 2 heterocycles. The molecule has 0 saturated carbocycles. The van der Waals surface area contributed by atoms with Gasteiger partial charge in [-0.1, -0.05) is 41.9 Å². The lowest BCUT2D eigenvalue weighted by Crippen LogP contribution is -2.43. The highest BCUT2D eigenvalue weighted by atomic mass is 35.5. The summed E-state index contributed by atoms with van der Waals surface area (Å²) in [6, 6.07) is 14.2. The number of nitrogens with one attached hydrogen (secondary N) is 1. The number of fused-ring (bicyclic) bond motifs is 1. The van der Waals surface area contributed by atoms with Gasteiger partial charge in [0.05, 0.1) is 13.2 Å². The summed E-state index contributed by atoms with van der Waals surface area (Å²) in [7, 11) is -3.87. The molecule has 2 aliphatic rings. The van der Waals surface area contributed by atoms with E-state index in [2.05, 4.69) is 9.62 Å². The first-order valence-corrected chi connectivity index (χ1v) is 11.6. The van der Waals surface area contributed by atoms with Crippen LogP contribution in [-0.4, -0.2) is 52.1 Å². The highest BCUT2D eigenvalue weighted by Crippen LogP contribution is 2.43. The number of halogens is 1. The van der Waals surface area contributed by atoms with Crippen LogP contribution in [0.3, 0.4) is 0 Å². The van der Waals surface area contributed by atoms with Crippen LogP contribution in [0.25, 0.3) is 0 Å². The fourth-order valence-corrected chi connectivity index (χ4v) is 6.04. The Morgan fingerprint density at radius 3 is 2.52 bits per heavy atom. The summed E-state index contributed by atoms with van der Waals surface area (Å²) in [6.45, 7) is 3.79. The molecule has 8 heteroatoms. The second kappa shape index (κ2) is 8.44. The number of nitrogens with zero attached hydrogens (tertiary/aromatic N) is 1. The van der Waals surface area contributed by atoms with Gasteiger partial charge in [-0.3, -0.25) is 9.69 Å². The molecule has 6 nitrogen and oxygen atoms in total. The summed E-state index contributed by atoms with van der Waals surface area (Å²) < 4.78 is 33.8. The van der Waals surface area contributed by atoms with Crippen molar-refractivity contribution in [3.8, 4) is 0 Å². The summed E-state index contributed by atoms with van der Waals surface area (Å²) in [5.74, 6) is -0.887. The zero-order chi connectivity index (χ0) is 20.4. The number of rotatable bonds is 5. The third-order valence-electron chi connectivity index (χ3n) is 5.60. The molecule has 29 heavy (non-hydrogen) atoms. The van der Waals surface area contributed by atoms with Gasteiger partial charge in [-0.25, -0.2) is 13.1 Å². The highest BCUT2D eigenvalue weighted by molar-refractivity contribution is 7.90. The lowest BCUT2D eigenvalue weighted by molar-refractivity contribution is 0.0365. The molecule has 1 N–H and O–H groups in total. The predicted molar refractivity (Wildman–Crippen MR) is 112 cm³/mol. The summed E-state index contributed by atoms with van der Waals surface area (Å²) in [4.78, 5) is 14.6. The molecule has 0 aliphatic carbocycles. The maximum absolute atomic E-state index is 13.1. The molecule has 4 rings (SSSR count). The Kier molecular flexibility index (Phi) is 5.92. The minimum Gasteiger partial charge on any atom is -0.379 e. The van der Waals surface area contributed by atoms with Crippen molar-refractivity contribution in [1.82, 2.24) is 9.62 Å². The standard InChI is InChI=1S/C21H23ClN2O4S/c22-16-7-5-15(6-8-16)17(9-10-24-11-13-28-14-12-24)20-18-3-1-2-4-19(18)21(25)23-29(20,26)27/h1-8,17,20H,9-14H2,(H,23,25). The van der Waals surface area contributed by atoms with Gasteiger partial charge in [-0.2, -0.15) is 0 Å². The lowest BCUT2D eigenvalue weighted by Gasteiger charge is -2.34. The normalized spacial score (nSPS) is 22.5. The zero-order valence-electron chi connectivity index (χ0n) is 15.9. The van der Waals surface area contributed by atoms with E-state index >= 15 is 0 Å². The molecule has 0 bridgehead atoms. The van der Waals surface area contributed by atoms with Crippen LogP contribution in [0.5, 0.6) is 0 Å². The topological polar surface area (TPSA) is 75.7 Å². The van der Waals surface area contributed by atoms with Crippen molar-refractivity contribution < 1.29 is 17.9 Å². The van der Waals surface area contributed by atoms with Crippen molar-refractivity contribution in [2.45, 2.75) is 17.6 Å². The van der Waals surface area contributed by atoms with Crippen molar-refractivity contribution >= 4 is 27.5 Å². The Bertz CT molecular complexity index is 988. The Labute approximate surface area is 175 Å². The van der Waals surface area contributed by atoms with Gasteiger partial charge >= 0.3 is 0 Å². The molecule has 154 valence electrons. The van der Waals surface area contributed by atoms with Gasteiger partial charge in [0.2, 0.25) is 10.0 Å². The largest absolute Gasteiger partial charge is 0.379 e.